The van der Waals surface area contributed by atoms with E-state index < -0.39 is 0 Å². The highest BCUT2D eigenvalue weighted by Crippen LogP contribution is 2.48. The standard InChI is InChI=1S/C18H15NO/c20-17-15-10-4-5-11-16(15)18(12-6-7-13-19(17)18)14-8-2-1-3-9-14/h1-11H,12-13H2. The first-order chi connectivity index (χ1) is 9.84. The van der Waals surface area contributed by atoms with Gasteiger partial charge in [-0.1, -0.05) is 60.7 Å². The smallest absolute Gasteiger partial charge is 0.255 e. The van der Waals surface area contributed by atoms with E-state index in [1.165, 1.54) is 5.56 Å². The summed E-state index contributed by atoms with van der Waals surface area (Å²) in [5.74, 6) is 0.147. The number of fused-ring (bicyclic) bond motifs is 3. The van der Waals surface area contributed by atoms with E-state index in [1.54, 1.807) is 0 Å². The van der Waals surface area contributed by atoms with E-state index in [9.17, 15) is 4.79 Å². The molecule has 0 fully saturated rings. The van der Waals surface area contributed by atoms with Crippen molar-refractivity contribution in [2.75, 3.05) is 6.54 Å². The Kier molecular flexibility index (Phi) is 2.34. The van der Waals surface area contributed by atoms with Gasteiger partial charge in [0.15, 0.2) is 0 Å². The number of rotatable bonds is 1. The van der Waals surface area contributed by atoms with Crippen molar-refractivity contribution in [2.24, 2.45) is 0 Å². The van der Waals surface area contributed by atoms with Crippen molar-refractivity contribution in [1.29, 1.82) is 0 Å². The average Bonchev–Trinajstić information content (AvgIpc) is 2.80. The van der Waals surface area contributed by atoms with Crippen molar-refractivity contribution in [2.45, 2.75) is 12.0 Å². The van der Waals surface area contributed by atoms with Crippen LogP contribution in [0.4, 0.5) is 0 Å². The minimum Gasteiger partial charge on any atom is -0.321 e. The van der Waals surface area contributed by atoms with E-state index >= 15 is 0 Å². The van der Waals surface area contributed by atoms with Gasteiger partial charge >= 0.3 is 0 Å². The van der Waals surface area contributed by atoms with Gasteiger partial charge in [0, 0.05) is 12.1 Å². The van der Waals surface area contributed by atoms with Crippen LogP contribution in [0, 0.1) is 0 Å². The van der Waals surface area contributed by atoms with Gasteiger partial charge in [0.05, 0.1) is 5.54 Å². The number of nitrogens with zero attached hydrogens (tertiary/aromatic N) is 1. The van der Waals surface area contributed by atoms with Gasteiger partial charge in [0.2, 0.25) is 0 Å². The summed E-state index contributed by atoms with van der Waals surface area (Å²) in [5, 5.41) is 0. The van der Waals surface area contributed by atoms with E-state index in [2.05, 4.69) is 30.4 Å². The van der Waals surface area contributed by atoms with Crippen LogP contribution in [0.25, 0.3) is 0 Å². The average molecular weight is 261 g/mol. The summed E-state index contributed by atoms with van der Waals surface area (Å²) < 4.78 is 0. The van der Waals surface area contributed by atoms with Crippen LogP contribution in [-0.4, -0.2) is 17.4 Å². The normalized spacial score (nSPS) is 23.6. The predicted octanol–water partition coefficient (Wildman–Crippen LogP) is 3.35. The molecule has 0 N–H and O–H groups in total. The first-order valence-corrected chi connectivity index (χ1v) is 6.96. The molecule has 1 amide bonds. The van der Waals surface area contributed by atoms with Gasteiger partial charge in [-0.3, -0.25) is 4.79 Å². The molecule has 2 nitrogen and oxygen atoms in total. The summed E-state index contributed by atoms with van der Waals surface area (Å²) in [7, 11) is 0. The number of carbonyl (C=O) groups excluding carboxylic acids is 1. The zero-order valence-electron chi connectivity index (χ0n) is 11.1. The van der Waals surface area contributed by atoms with Gasteiger partial charge in [-0.15, -0.1) is 0 Å². The second-order valence-corrected chi connectivity index (χ2v) is 5.36. The van der Waals surface area contributed by atoms with Crippen LogP contribution < -0.4 is 0 Å². The van der Waals surface area contributed by atoms with Crippen LogP contribution >= 0.6 is 0 Å². The zero-order valence-corrected chi connectivity index (χ0v) is 11.1. The topological polar surface area (TPSA) is 20.3 Å². The Morgan fingerprint density at radius 1 is 0.900 bits per heavy atom. The second-order valence-electron chi connectivity index (χ2n) is 5.36. The lowest BCUT2D eigenvalue weighted by atomic mass is 9.79. The SMILES string of the molecule is O=C1c2ccccc2C2(c3ccccc3)CC=CCN12. The molecule has 2 heteroatoms. The Hall–Kier alpha value is -2.35. The van der Waals surface area contributed by atoms with Crippen molar-refractivity contribution >= 4 is 5.91 Å². The fourth-order valence-electron chi connectivity index (χ4n) is 3.53. The molecule has 2 heterocycles. The summed E-state index contributed by atoms with van der Waals surface area (Å²) >= 11 is 0. The first-order valence-electron chi connectivity index (χ1n) is 6.96. The maximum absolute atomic E-state index is 12.7. The zero-order chi connectivity index (χ0) is 13.6. The highest BCUT2D eigenvalue weighted by atomic mass is 16.2. The van der Waals surface area contributed by atoms with Gasteiger partial charge < -0.3 is 4.90 Å². The lowest BCUT2D eigenvalue weighted by molar-refractivity contribution is 0.0644. The molecule has 0 aliphatic carbocycles. The largest absolute Gasteiger partial charge is 0.321 e. The van der Waals surface area contributed by atoms with E-state index in [4.69, 9.17) is 0 Å². The minimum absolute atomic E-state index is 0.147. The third kappa shape index (κ3) is 1.31. The summed E-state index contributed by atoms with van der Waals surface area (Å²) in [4.78, 5) is 14.7. The van der Waals surface area contributed by atoms with E-state index in [0.29, 0.717) is 6.54 Å². The van der Waals surface area contributed by atoms with Crippen LogP contribution in [0.1, 0.15) is 27.9 Å². The lowest BCUT2D eigenvalue weighted by Gasteiger charge is -2.41. The summed E-state index contributed by atoms with van der Waals surface area (Å²) in [6.45, 7) is 0.683. The number of amides is 1. The summed E-state index contributed by atoms with van der Waals surface area (Å²) in [6, 6.07) is 18.4. The first kappa shape index (κ1) is 11.5. The fraction of sp³-hybridized carbons (Fsp3) is 0.167. The summed E-state index contributed by atoms with van der Waals surface area (Å²) in [5.41, 5.74) is 2.87. The number of hydrogen-bond acceptors (Lipinski definition) is 1. The van der Waals surface area contributed by atoms with Crippen molar-refractivity contribution in [3.8, 4) is 0 Å². The Bertz CT molecular complexity index is 704. The molecule has 0 aromatic heterocycles. The molecule has 0 saturated heterocycles. The van der Waals surface area contributed by atoms with Crippen molar-refractivity contribution < 1.29 is 4.79 Å². The van der Waals surface area contributed by atoms with Gasteiger partial charge in [0.25, 0.3) is 5.91 Å². The van der Waals surface area contributed by atoms with E-state index in [1.807, 2.05) is 41.3 Å². The molecular formula is C18H15NO. The van der Waals surface area contributed by atoms with Crippen LogP contribution in [0.3, 0.4) is 0 Å². The molecule has 0 saturated carbocycles. The van der Waals surface area contributed by atoms with E-state index in [0.717, 1.165) is 17.5 Å². The molecule has 98 valence electrons. The predicted molar refractivity (Wildman–Crippen MR) is 78.5 cm³/mol. The van der Waals surface area contributed by atoms with Gasteiger partial charge in [-0.2, -0.15) is 0 Å². The number of hydrogen-bond donors (Lipinski definition) is 0. The molecule has 0 bridgehead atoms. The third-order valence-corrected chi connectivity index (χ3v) is 4.43. The fourth-order valence-corrected chi connectivity index (χ4v) is 3.53. The Labute approximate surface area is 118 Å². The molecule has 4 rings (SSSR count). The van der Waals surface area contributed by atoms with Gasteiger partial charge in [-0.25, -0.2) is 0 Å². The van der Waals surface area contributed by atoms with Crippen molar-refractivity contribution in [3.63, 3.8) is 0 Å². The van der Waals surface area contributed by atoms with Crippen LogP contribution in [0.5, 0.6) is 0 Å². The highest BCUT2D eigenvalue weighted by molar-refractivity contribution is 6.01. The molecule has 0 spiro atoms. The highest BCUT2D eigenvalue weighted by Gasteiger charge is 2.50. The number of benzene rings is 2. The minimum atomic E-state index is -0.316. The molecule has 2 aromatic carbocycles. The Balaban J connectivity index is 2.03. The van der Waals surface area contributed by atoms with Crippen LogP contribution in [0.15, 0.2) is 66.7 Å². The second kappa shape index (κ2) is 4.07. The molecule has 2 aliphatic heterocycles. The lowest BCUT2D eigenvalue weighted by Crippen LogP contribution is -2.46. The maximum atomic E-state index is 12.7. The molecule has 0 radical (unpaired) electrons. The molecule has 2 aliphatic rings. The number of carbonyl (C=O) groups is 1. The van der Waals surface area contributed by atoms with Crippen molar-refractivity contribution in [3.05, 3.63) is 83.4 Å². The molecule has 1 unspecified atom stereocenters. The summed E-state index contributed by atoms with van der Waals surface area (Å²) in [6.07, 6.45) is 5.13. The van der Waals surface area contributed by atoms with Gasteiger partial charge in [-0.05, 0) is 23.6 Å². The molecular weight excluding hydrogens is 246 g/mol. The molecule has 20 heavy (non-hydrogen) atoms. The molecule has 2 aromatic rings. The maximum Gasteiger partial charge on any atom is 0.255 e. The van der Waals surface area contributed by atoms with E-state index in [-0.39, 0.29) is 11.4 Å². The Morgan fingerprint density at radius 2 is 1.65 bits per heavy atom. The van der Waals surface area contributed by atoms with Crippen LogP contribution in [-0.2, 0) is 5.54 Å². The molecule has 1 atom stereocenters. The third-order valence-electron chi connectivity index (χ3n) is 4.43. The van der Waals surface area contributed by atoms with Crippen molar-refractivity contribution in [1.82, 2.24) is 4.90 Å². The quantitative estimate of drug-likeness (QED) is 0.721. The van der Waals surface area contributed by atoms with Crippen LogP contribution in [0.2, 0.25) is 0 Å². The monoisotopic (exact) mass is 261 g/mol. The Morgan fingerprint density at radius 3 is 2.50 bits per heavy atom. The van der Waals surface area contributed by atoms with Gasteiger partial charge in [0.1, 0.15) is 0 Å².